The van der Waals surface area contributed by atoms with Crippen LogP contribution in [-0.4, -0.2) is 5.84 Å². The van der Waals surface area contributed by atoms with Gasteiger partial charge in [-0.25, -0.2) is 0 Å². The van der Waals surface area contributed by atoms with Crippen LogP contribution in [-0.2, 0) is 6.54 Å². The molecule has 2 rings (SSSR count). The summed E-state index contributed by atoms with van der Waals surface area (Å²) < 4.78 is 0. The van der Waals surface area contributed by atoms with Crippen molar-refractivity contribution in [2.45, 2.75) is 19.4 Å². The summed E-state index contributed by atoms with van der Waals surface area (Å²) in [6.07, 6.45) is 2.47. The Hall–Kier alpha value is -0.830. The quantitative estimate of drug-likeness (QED) is 0.561. The molecule has 0 atom stereocenters. The second-order valence-electron chi connectivity index (χ2n) is 3.15. The molecule has 12 heavy (non-hydrogen) atoms. The van der Waals surface area contributed by atoms with E-state index in [9.17, 15) is 0 Å². The van der Waals surface area contributed by atoms with Gasteiger partial charge < -0.3 is 5.73 Å². The molecule has 2 N–H and O–H groups in total. The standard InChI is InChI=1S/C9H12N2S/c10-9(8-1-2-8)11-5-7-3-4-12-6-7/h3-4,6,8H,1-2,5H2,(H2,10,11). The number of aliphatic imine (C=N–C) groups is 1. The third-order valence-corrected chi connectivity index (χ3v) is 2.75. The lowest BCUT2D eigenvalue weighted by molar-refractivity contribution is 1.02. The topological polar surface area (TPSA) is 38.4 Å². The van der Waals surface area contributed by atoms with Crippen molar-refractivity contribution in [3.63, 3.8) is 0 Å². The van der Waals surface area contributed by atoms with Gasteiger partial charge in [0.2, 0.25) is 0 Å². The summed E-state index contributed by atoms with van der Waals surface area (Å²) in [4.78, 5) is 4.33. The van der Waals surface area contributed by atoms with E-state index in [-0.39, 0.29) is 0 Å². The molecule has 1 aromatic rings. The van der Waals surface area contributed by atoms with Crippen LogP contribution in [0.2, 0.25) is 0 Å². The molecule has 0 spiro atoms. The molecule has 0 aliphatic heterocycles. The number of hydrogen-bond acceptors (Lipinski definition) is 2. The van der Waals surface area contributed by atoms with E-state index < -0.39 is 0 Å². The minimum atomic E-state index is 0.601. The van der Waals surface area contributed by atoms with Crippen LogP contribution in [0.3, 0.4) is 0 Å². The molecular formula is C9H12N2S. The lowest BCUT2D eigenvalue weighted by atomic mass is 10.3. The Kier molecular flexibility index (Phi) is 2.13. The minimum absolute atomic E-state index is 0.601. The Morgan fingerprint density at radius 2 is 2.50 bits per heavy atom. The number of amidine groups is 1. The highest BCUT2D eigenvalue weighted by Crippen LogP contribution is 2.28. The average molecular weight is 180 g/mol. The maximum Gasteiger partial charge on any atom is 0.0972 e. The first kappa shape index (κ1) is 7.80. The van der Waals surface area contributed by atoms with Crippen LogP contribution in [0.5, 0.6) is 0 Å². The van der Waals surface area contributed by atoms with Crippen LogP contribution < -0.4 is 5.73 Å². The smallest absolute Gasteiger partial charge is 0.0972 e. The highest BCUT2D eigenvalue weighted by atomic mass is 32.1. The van der Waals surface area contributed by atoms with Gasteiger partial charge in [0.25, 0.3) is 0 Å². The summed E-state index contributed by atoms with van der Waals surface area (Å²) >= 11 is 1.71. The van der Waals surface area contributed by atoms with E-state index in [1.54, 1.807) is 11.3 Å². The van der Waals surface area contributed by atoms with Crippen LogP contribution in [0.25, 0.3) is 0 Å². The maximum absolute atomic E-state index is 5.75. The molecular weight excluding hydrogens is 168 g/mol. The van der Waals surface area contributed by atoms with Gasteiger partial charge in [0.15, 0.2) is 0 Å². The predicted octanol–water partition coefficient (Wildman–Crippen LogP) is 2.02. The molecule has 0 unspecified atom stereocenters. The zero-order valence-corrected chi connectivity index (χ0v) is 7.68. The zero-order valence-electron chi connectivity index (χ0n) is 6.86. The lowest BCUT2D eigenvalue weighted by Gasteiger charge is -1.95. The van der Waals surface area contributed by atoms with Crippen molar-refractivity contribution >= 4 is 17.2 Å². The van der Waals surface area contributed by atoms with Crippen molar-refractivity contribution in [2.75, 3.05) is 0 Å². The first-order valence-corrected chi connectivity index (χ1v) is 5.11. The Morgan fingerprint density at radius 1 is 1.67 bits per heavy atom. The van der Waals surface area contributed by atoms with E-state index in [4.69, 9.17) is 5.73 Å². The number of nitrogens with zero attached hydrogens (tertiary/aromatic N) is 1. The van der Waals surface area contributed by atoms with Crippen molar-refractivity contribution in [1.82, 2.24) is 0 Å². The molecule has 3 heteroatoms. The van der Waals surface area contributed by atoms with Crippen LogP contribution in [0.4, 0.5) is 0 Å². The maximum atomic E-state index is 5.75. The van der Waals surface area contributed by atoms with Crippen LogP contribution in [0, 0.1) is 5.92 Å². The molecule has 64 valence electrons. The van der Waals surface area contributed by atoms with Gasteiger partial charge in [-0.3, -0.25) is 4.99 Å². The van der Waals surface area contributed by atoms with Crippen molar-refractivity contribution in [2.24, 2.45) is 16.6 Å². The van der Waals surface area contributed by atoms with Gasteiger partial charge in [-0.05, 0) is 35.2 Å². The monoisotopic (exact) mass is 180 g/mol. The highest BCUT2D eigenvalue weighted by molar-refractivity contribution is 7.07. The second kappa shape index (κ2) is 3.27. The summed E-state index contributed by atoms with van der Waals surface area (Å²) in [6.45, 7) is 0.756. The Morgan fingerprint density at radius 3 is 3.08 bits per heavy atom. The molecule has 1 aliphatic rings. The van der Waals surface area contributed by atoms with Crippen molar-refractivity contribution in [3.8, 4) is 0 Å². The molecule has 0 aromatic carbocycles. The second-order valence-corrected chi connectivity index (χ2v) is 3.93. The summed E-state index contributed by atoms with van der Waals surface area (Å²) in [5.74, 6) is 1.45. The summed E-state index contributed by atoms with van der Waals surface area (Å²) in [5.41, 5.74) is 7.02. The fourth-order valence-electron chi connectivity index (χ4n) is 1.07. The largest absolute Gasteiger partial charge is 0.387 e. The van der Waals surface area contributed by atoms with Gasteiger partial charge in [-0.2, -0.15) is 11.3 Å². The molecule has 0 radical (unpaired) electrons. The Balaban J connectivity index is 1.91. The molecule has 1 heterocycles. The molecule has 0 bridgehead atoms. The van der Waals surface area contributed by atoms with Gasteiger partial charge in [0.1, 0.15) is 0 Å². The predicted molar refractivity (Wildman–Crippen MR) is 52.4 cm³/mol. The first-order valence-electron chi connectivity index (χ1n) is 4.17. The summed E-state index contributed by atoms with van der Waals surface area (Å²) in [7, 11) is 0. The molecule has 0 saturated heterocycles. The molecule has 1 saturated carbocycles. The van der Waals surface area contributed by atoms with E-state index in [0.717, 1.165) is 12.4 Å². The van der Waals surface area contributed by atoms with Gasteiger partial charge in [0, 0.05) is 5.92 Å². The van der Waals surface area contributed by atoms with E-state index in [0.29, 0.717) is 5.92 Å². The third kappa shape index (κ3) is 1.85. The SMILES string of the molecule is NC(=NCc1ccsc1)C1CC1. The van der Waals surface area contributed by atoms with Gasteiger partial charge in [-0.15, -0.1) is 0 Å². The van der Waals surface area contributed by atoms with E-state index in [1.165, 1.54) is 18.4 Å². The van der Waals surface area contributed by atoms with Crippen molar-refractivity contribution in [3.05, 3.63) is 22.4 Å². The fraction of sp³-hybridized carbons (Fsp3) is 0.444. The van der Waals surface area contributed by atoms with Gasteiger partial charge >= 0.3 is 0 Å². The third-order valence-electron chi connectivity index (χ3n) is 2.02. The fourth-order valence-corrected chi connectivity index (χ4v) is 1.73. The van der Waals surface area contributed by atoms with Crippen LogP contribution in [0.1, 0.15) is 18.4 Å². The van der Waals surface area contributed by atoms with Gasteiger partial charge in [-0.1, -0.05) is 0 Å². The average Bonchev–Trinajstić information content (AvgIpc) is 2.80. The van der Waals surface area contributed by atoms with Crippen LogP contribution in [0.15, 0.2) is 21.8 Å². The molecule has 2 nitrogen and oxygen atoms in total. The number of rotatable bonds is 3. The number of nitrogens with two attached hydrogens (primary N) is 1. The van der Waals surface area contributed by atoms with E-state index >= 15 is 0 Å². The summed E-state index contributed by atoms with van der Waals surface area (Å²) in [5, 5.41) is 4.18. The van der Waals surface area contributed by atoms with E-state index in [2.05, 4.69) is 21.8 Å². The minimum Gasteiger partial charge on any atom is -0.387 e. The first-order chi connectivity index (χ1) is 5.86. The van der Waals surface area contributed by atoms with Gasteiger partial charge in [0.05, 0.1) is 12.4 Å². The Labute approximate surface area is 76.1 Å². The van der Waals surface area contributed by atoms with Crippen LogP contribution >= 0.6 is 11.3 Å². The molecule has 1 aliphatic carbocycles. The highest BCUT2D eigenvalue weighted by Gasteiger charge is 2.24. The molecule has 1 aromatic heterocycles. The number of hydrogen-bond donors (Lipinski definition) is 1. The lowest BCUT2D eigenvalue weighted by Crippen LogP contribution is -2.13. The zero-order chi connectivity index (χ0) is 8.39. The molecule has 0 amide bonds. The van der Waals surface area contributed by atoms with Crippen molar-refractivity contribution < 1.29 is 0 Å². The van der Waals surface area contributed by atoms with Crippen molar-refractivity contribution in [1.29, 1.82) is 0 Å². The summed E-state index contributed by atoms with van der Waals surface area (Å²) in [6, 6.07) is 2.09. The van der Waals surface area contributed by atoms with E-state index in [1.807, 2.05) is 0 Å². The Bertz CT molecular complexity index is 273. The number of thiophene rings is 1. The molecule has 1 fully saturated rings. The normalized spacial score (nSPS) is 18.2.